The Morgan fingerprint density at radius 1 is 1.38 bits per heavy atom. The summed E-state index contributed by atoms with van der Waals surface area (Å²) in [6.45, 7) is 5.72. The van der Waals surface area contributed by atoms with Crippen LogP contribution in [0.2, 0.25) is 0 Å². The molecule has 2 unspecified atom stereocenters. The fourth-order valence-electron chi connectivity index (χ4n) is 2.67. The first-order valence-electron chi connectivity index (χ1n) is 8.25. The second-order valence-corrected chi connectivity index (χ2v) is 6.35. The summed E-state index contributed by atoms with van der Waals surface area (Å²) >= 11 is 0. The zero-order valence-corrected chi connectivity index (χ0v) is 14.5. The van der Waals surface area contributed by atoms with E-state index >= 15 is 0 Å². The van der Waals surface area contributed by atoms with Crippen molar-refractivity contribution in [1.29, 1.82) is 0 Å². The zero-order valence-electron chi connectivity index (χ0n) is 14.5. The van der Waals surface area contributed by atoms with Crippen molar-refractivity contribution in [3.05, 3.63) is 48.5 Å². The predicted octanol–water partition coefficient (Wildman–Crippen LogP) is 2.78. The van der Waals surface area contributed by atoms with Crippen molar-refractivity contribution in [1.82, 2.24) is 20.2 Å². The van der Waals surface area contributed by atoms with Crippen molar-refractivity contribution in [2.24, 2.45) is 0 Å². The van der Waals surface area contributed by atoms with Gasteiger partial charge in [0.25, 0.3) is 0 Å². The molecule has 0 spiro atoms. The van der Waals surface area contributed by atoms with Crippen molar-refractivity contribution in [3.63, 3.8) is 0 Å². The van der Waals surface area contributed by atoms with Crippen LogP contribution >= 0.6 is 0 Å². The third-order valence-corrected chi connectivity index (χ3v) is 4.11. The lowest BCUT2D eigenvalue weighted by Gasteiger charge is -2.29. The van der Waals surface area contributed by atoms with Gasteiger partial charge in [0.05, 0.1) is 24.5 Å². The number of aliphatic hydroxyl groups excluding tert-OH is 1. The minimum absolute atomic E-state index is 0.0811. The normalized spacial score (nSPS) is 14.7. The second kappa shape index (κ2) is 7.97. The number of amides is 2. The molecule has 0 aliphatic rings. The van der Waals surface area contributed by atoms with Crippen LogP contribution in [0.3, 0.4) is 0 Å². The molecule has 130 valence electrons. The van der Waals surface area contributed by atoms with Gasteiger partial charge in [0, 0.05) is 18.1 Å². The molecule has 1 aromatic carbocycles. The molecule has 6 nitrogen and oxygen atoms in total. The molecule has 1 heterocycles. The van der Waals surface area contributed by atoms with Crippen LogP contribution in [0.4, 0.5) is 4.79 Å². The number of hydrogen-bond donors (Lipinski definition) is 3. The van der Waals surface area contributed by atoms with Gasteiger partial charge in [-0.25, -0.2) is 9.78 Å². The summed E-state index contributed by atoms with van der Waals surface area (Å²) in [6.07, 6.45) is 6.98. The quantitative estimate of drug-likeness (QED) is 0.730. The lowest BCUT2D eigenvalue weighted by Crippen LogP contribution is -2.52. The van der Waals surface area contributed by atoms with Gasteiger partial charge in [-0.05, 0) is 38.0 Å². The molecule has 0 aliphatic heterocycles. The molecule has 0 aliphatic carbocycles. The number of aromatic nitrogens is 2. The molecule has 2 rings (SSSR count). The number of urea groups is 1. The molecule has 2 aromatic rings. The van der Waals surface area contributed by atoms with Gasteiger partial charge < -0.3 is 20.3 Å². The van der Waals surface area contributed by atoms with Crippen molar-refractivity contribution in [2.75, 3.05) is 6.61 Å². The minimum atomic E-state index is -0.593. The highest BCUT2D eigenvalue weighted by molar-refractivity contribution is 5.75. The zero-order chi connectivity index (χ0) is 17.6. The fraction of sp³-hybridized carbons (Fsp3) is 0.444. The van der Waals surface area contributed by atoms with E-state index in [0.717, 1.165) is 24.1 Å². The predicted molar refractivity (Wildman–Crippen MR) is 94.0 cm³/mol. The van der Waals surface area contributed by atoms with Gasteiger partial charge in [-0.3, -0.25) is 0 Å². The van der Waals surface area contributed by atoms with Gasteiger partial charge in [0.1, 0.15) is 0 Å². The Labute approximate surface area is 142 Å². The van der Waals surface area contributed by atoms with Gasteiger partial charge in [-0.15, -0.1) is 0 Å². The van der Waals surface area contributed by atoms with E-state index < -0.39 is 5.54 Å². The maximum Gasteiger partial charge on any atom is 0.315 e. The highest BCUT2D eigenvalue weighted by Crippen LogP contribution is 2.16. The van der Waals surface area contributed by atoms with Gasteiger partial charge in [-0.1, -0.05) is 25.5 Å². The highest BCUT2D eigenvalue weighted by atomic mass is 16.3. The van der Waals surface area contributed by atoms with E-state index in [4.69, 9.17) is 0 Å². The van der Waals surface area contributed by atoms with E-state index in [9.17, 15) is 9.90 Å². The van der Waals surface area contributed by atoms with E-state index in [-0.39, 0.29) is 18.7 Å². The summed E-state index contributed by atoms with van der Waals surface area (Å²) in [5.74, 6) is 0. The van der Waals surface area contributed by atoms with E-state index in [0.29, 0.717) is 0 Å². The Bertz CT molecular complexity index is 640. The average molecular weight is 330 g/mol. The van der Waals surface area contributed by atoms with Crippen LogP contribution in [0.5, 0.6) is 0 Å². The van der Waals surface area contributed by atoms with Crippen molar-refractivity contribution in [3.8, 4) is 5.69 Å². The number of rotatable bonds is 7. The SMILES string of the molecule is CCCC(C)(CO)NC(=O)NC(C)c1ccc(-n2ccnc2)cc1. The molecular formula is C18H26N4O2. The Balaban J connectivity index is 1.96. The Hall–Kier alpha value is -2.34. The lowest BCUT2D eigenvalue weighted by atomic mass is 9.97. The van der Waals surface area contributed by atoms with Crippen molar-refractivity contribution in [2.45, 2.75) is 45.2 Å². The maximum absolute atomic E-state index is 12.2. The Kier molecular flexibility index (Phi) is 5.98. The molecule has 1 aromatic heterocycles. The highest BCUT2D eigenvalue weighted by Gasteiger charge is 2.25. The minimum Gasteiger partial charge on any atom is -0.394 e. The van der Waals surface area contributed by atoms with E-state index in [2.05, 4.69) is 15.6 Å². The molecular weight excluding hydrogens is 304 g/mol. The molecule has 0 radical (unpaired) electrons. The topological polar surface area (TPSA) is 79.2 Å². The van der Waals surface area contributed by atoms with Gasteiger partial charge in [0.15, 0.2) is 0 Å². The maximum atomic E-state index is 12.2. The van der Waals surface area contributed by atoms with E-state index in [1.54, 1.807) is 12.5 Å². The summed E-state index contributed by atoms with van der Waals surface area (Å²) in [6, 6.07) is 7.54. The molecule has 6 heteroatoms. The van der Waals surface area contributed by atoms with Gasteiger partial charge in [0.2, 0.25) is 0 Å². The summed E-state index contributed by atoms with van der Waals surface area (Å²) in [5, 5.41) is 15.3. The van der Waals surface area contributed by atoms with Crippen molar-refractivity contribution >= 4 is 6.03 Å². The van der Waals surface area contributed by atoms with Crippen LogP contribution in [0.25, 0.3) is 5.69 Å². The molecule has 0 saturated carbocycles. The molecule has 0 fully saturated rings. The van der Waals surface area contributed by atoms with Gasteiger partial charge >= 0.3 is 6.03 Å². The first kappa shape index (κ1) is 18.0. The van der Waals surface area contributed by atoms with E-state index in [1.165, 1.54) is 0 Å². The van der Waals surface area contributed by atoms with Crippen molar-refractivity contribution < 1.29 is 9.90 Å². The number of carbonyl (C=O) groups is 1. The van der Waals surface area contributed by atoms with E-state index in [1.807, 2.05) is 55.8 Å². The third-order valence-electron chi connectivity index (χ3n) is 4.11. The fourth-order valence-corrected chi connectivity index (χ4v) is 2.67. The number of hydrogen-bond acceptors (Lipinski definition) is 3. The molecule has 2 atom stereocenters. The number of aliphatic hydroxyl groups is 1. The number of benzene rings is 1. The summed E-state index contributed by atoms with van der Waals surface area (Å²) in [4.78, 5) is 16.2. The van der Waals surface area contributed by atoms with Crippen LogP contribution < -0.4 is 10.6 Å². The second-order valence-electron chi connectivity index (χ2n) is 6.35. The largest absolute Gasteiger partial charge is 0.394 e. The summed E-state index contributed by atoms with van der Waals surface area (Å²) in [7, 11) is 0. The summed E-state index contributed by atoms with van der Waals surface area (Å²) < 4.78 is 1.92. The van der Waals surface area contributed by atoms with Crippen LogP contribution in [0, 0.1) is 0 Å². The number of carbonyl (C=O) groups excluding carboxylic acids is 1. The molecule has 24 heavy (non-hydrogen) atoms. The lowest BCUT2D eigenvalue weighted by molar-refractivity contribution is 0.162. The molecule has 0 bridgehead atoms. The first-order chi connectivity index (χ1) is 11.5. The Morgan fingerprint density at radius 3 is 2.62 bits per heavy atom. The Morgan fingerprint density at radius 2 is 2.08 bits per heavy atom. The van der Waals surface area contributed by atoms with Crippen LogP contribution in [-0.4, -0.2) is 32.8 Å². The molecule has 3 N–H and O–H groups in total. The van der Waals surface area contributed by atoms with Crippen LogP contribution in [0.1, 0.15) is 45.2 Å². The number of imidazole rings is 1. The third kappa shape index (κ3) is 4.58. The first-order valence-corrected chi connectivity index (χ1v) is 8.25. The van der Waals surface area contributed by atoms with Gasteiger partial charge in [-0.2, -0.15) is 0 Å². The monoisotopic (exact) mass is 330 g/mol. The average Bonchev–Trinajstić information content (AvgIpc) is 3.09. The molecule has 0 saturated heterocycles. The molecule has 2 amide bonds. The number of nitrogens with zero attached hydrogens (tertiary/aromatic N) is 2. The number of nitrogens with one attached hydrogen (secondary N) is 2. The van der Waals surface area contributed by atoms with Crippen LogP contribution in [-0.2, 0) is 0 Å². The smallest absolute Gasteiger partial charge is 0.315 e. The summed E-state index contributed by atoms with van der Waals surface area (Å²) in [5.41, 5.74) is 1.43. The van der Waals surface area contributed by atoms with Crippen LogP contribution in [0.15, 0.2) is 43.0 Å². The standard InChI is InChI=1S/C18H26N4O2/c1-4-9-18(3,12-23)21-17(24)20-14(2)15-5-7-16(8-6-15)22-11-10-19-13-22/h5-8,10-11,13-14,23H,4,9,12H2,1-3H3,(H2,20,21,24).